The van der Waals surface area contributed by atoms with Crippen LogP contribution >= 0.6 is 23.4 Å². The fourth-order valence-electron chi connectivity index (χ4n) is 1.71. The van der Waals surface area contributed by atoms with Crippen molar-refractivity contribution >= 4 is 23.4 Å². The zero-order valence-electron chi connectivity index (χ0n) is 12.7. The van der Waals surface area contributed by atoms with Crippen LogP contribution in [0.1, 0.15) is 25.8 Å². The van der Waals surface area contributed by atoms with E-state index < -0.39 is 0 Å². The molecule has 0 saturated heterocycles. The van der Waals surface area contributed by atoms with E-state index in [-0.39, 0.29) is 0 Å². The van der Waals surface area contributed by atoms with Gasteiger partial charge >= 0.3 is 0 Å². The standard InChI is InChI=1S/C15H24ClNO2S/c1-11(2)17-10-12-8-13(16)15(14(9-12)18-3)19-6-5-7-20-4/h8-9,11,17H,5-7,10H2,1-4H3. The number of rotatable bonds is 9. The first kappa shape index (κ1) is 17.5. The van der Waals surface area contributed by atoms with E-state index in [1.165, 1.54) is 0 Å². The van der Waals surface area contributed by atoms with Crippen molar-refractivity contribution < 1.29 is 9.47 Å². The van der Waals surface area contributed by atoms with Crippen molar-refractivity contribution in [1.82, 2.24) is 5.32 Å². The smallest absolute Gasteiger partial charge is 0.179 e. The maximum absolute atomic E-state index is 6.30. The fourth-order valence-corrected chi connectivity index (χ4v) is 2.41. The molecule has 0 bridgehead atoms. The number of thioether (sulfide) groups is 1. The minimum absolute atomic E-state index is 0.433. The molecule has 3 nitrogen and oxygen atoms in total. The quantitative estimate of drug-likeness (QED) is 0.698. The van der Waals surface area contributed by atoms with Gasteiger partial charge in [-0.1, -0.05) is 25.4 Å². The van der Waals surface area contributed by atoms with Gasteiger partial charge in [-0.2, -0.15) is 11.8 Å². The van der Waals surface area contributed by atoms with Crippen LogP contribution < -0.4 is 14.8 Å². The van der Waals surface area contributed by atoms with Crippen LogP contribution in [0.25, 0.3) is 0 Å². The van der Waals surface area contributed by atoms with Crippen molar-refractivity contribution in [2.75, 3.05) is 25.7 Å². The maximum Gasteiger partial charge on any atom is 0.179 e. The Morgan fingerprint density at radius 1 is 1.35 bits per heavy atom. The lowest BCUT2D eigenvalue weighted by atomic mass is 10.2. The highest BCUT2D eigenvalue weighted by Gasteiger charge is 2.12. The van der Waals surface area contributed by atoms with Crippen molar-refractivity contribution in [3.8, 4) is 11.5 Å². The maximum atomic E-state index is 6.30. The predicted octanol–water partition coefficient (Wildman–Crippen LogP) is 3.98. The number of benzene rings is 1. The summed E-state index contributed by atoms with van der Waals surface area (Å²) in [6.45, 7) is 5.64. The van der Waals surface area contributed by atoms with Crippen LogP contribution in [0.15, 0.2) is 12.1 Å². The lowest BCUT2D eigenvalue weighted by Gasteiger charge is -2.15. The molecular weight excluding hydrogens is 294 g/mol. The molecule has 0 aliphatic heterocycles. The molecule has 1 aromatic carbocycles. The summed E-state index contributed by atoms with van der Waals surface area (Å²) in [5, 5.41) is 3.97. The average Bonchev–Trinajstić information content (AvgIpc) is 2.42. The average molecular weight is 318 g/mol. The highest BCUT2D eigenvalue weighted by atomic mass is 35.5. The van der Waals surface area contributed by atoms with Crippen molar-refractivity contribution in [3.63, 3.8) is 0 Å². The molecule has 0 amide bonds. The summed E-state index contributed by atoms with van der Waals surface area (Å²) in [4.78, 5) is 0. The first-order chi connectivity index (χ1) is 9.58. The summed E-state index contributed by atoms with van der Waals surface area (Å²) in [6, 6.07) is 4.34. The van der Waals surface area contributed by atoms with Gasteiger partial charge in [0, 0.05) is 12.6 Å². The molecule has 114 valence electrons. The molecule has 0 spiro atoms. The lowest BCUT2D eigenvalue weighted by molar-refractivity contribution is 0.295. The van der Waals surface area contributed by atoms with Gasteiger partial charge in [0.1, 0.15) is 0 Å². The normalized spacial score (nSPS) is 10.9. The van der Waals surface area contributed by atoms with Gasteiger partial charge in [0.2, 0.25) is 0 Å². The second-order valence-corrected chi connectivity index (χ2v) is 6.23. The molecule has 0 unspecified atom stereocenters. The molecule has 0 aromatic heterocycles. The Kier molecular flexibility index (Phi) is 8.19. The van der Waals surface area contributed by atoms with E-state index in [1.807, 2.05) is 23.9 Å². The molecule has 20 heavy (non-hydrogen) atoms. The minimum atomic E-state index is 0.433. The molecular formula is C15H24ClNO2S. The van der Waals surface area contributed by atoms with Crippen molar-refractivity contribution in [1.29, 1.82) is 0 Å². The molecule has 0 radical (unpaired) electrons. The van der Waals surface area contributed by atoms with Gasteiger partial charge in [-0.3, -0.25) is 0 Å². The number of hydrogen-bond donors (Lipinski definition) is 1. The number of methoxy groups -OCH3 is 1. The third-order valence-electron chi connectivity index (χ3n) is 2.74. The van der Waals surface area contributed by atoms with E-state index in [2.05, 4.69) is 25.4 Å². The zero-order chi connectivity index (χ0) is 15.0. The van der Waals surface area contributed by atoms with Crippen LogP contribution in [-0.4, -0.2) is 31.8 Å². The first-order valence-corrected chi connectivity index (χ1v) is 8.57. The number of halogens is 1. The summed E-state index contributed by atoms with van der Waals surface area (Å²) in [6.07, 6.45) is 3.08. The van der Waals surface area contributed by atoms with Crippen LogP contribution in [0.4, 0.5) is 0 Å². The van der Waals surface area contributed by atoms with Gasteiger partial charge in [-0.25, -0.2) is 0 Å². The van der Waals surface area contributed by atoms with Gasteiger partial charge in [-0.15, -0.1) is 0 Å². The molecule has 1 N–H and O–H groups in total. The van der Waals surface area contributed by atoms with Gasteiger partial charge in [-0.05, 0) is 36.1 Å². The summed E-state index contributed by atoms with van der Waals surface area (Å²) >= 11 is 8.11. The Bertz CT molecular complexity index is 413. The Morgan fingerprint density at radius 3 is 2.70 bits per heavy atom. The third kappa shape index (κ3) is 5.81. The van der Waals surface area contributed by atoms with Gasteiger partial charge in [0.05, 0.1) is 18.7 Å². The van der Waals surface area contributed by atoms with E-state index >= 15 is 0 Å². The number of nitrogens with one attached hydrogen (secondary N) is 1. The number of ether oxygens (including phenoxy) is 2. The lowest BCUT2D eigenvalue weighted by Crippen LogP contribution is -2.21. The second kappa shape index (κ2) is 9.37. The molecule has 1 rings (SSSR count). The van der Waals surface area contributed by atoms with E-state index in [0.29, 0.717) is 29.2 Å². The molecule has 5 heteroatoms. The summed E-state index contributed by atoms with van der Waals surface area (Å²) in [5.74, 6) is 2.42. The molecule has 0 aliphatic carbocycles. The highest BCUT2D eigenvalue weighted by Crippen LogP contribution is 2.36. The molecule has 1 aromatic rings. The summed E-state index contributed by atoms with van der Waals surface area (Å²) < 4.78 is 11.1. The molecule has 0 aliphatic rings. The monoisotopic (exact) mass is 317 g/mol. The predicted molar refractivity (Wildman–Crippen MR) is 88.5 cm³/mol. The largest absolute Gasteiger partial charge is 0.493 e. The summed E-state index contributed by atoms with van der Waals surface area (Å²) in [7, 11) is 1.64. The van der Waals surface area contributed by atoms with E-state index in [4.69, 9.17) is 21.1 Å². The van der Waals surface area contributed by atoms with Crippen LogP contribution in [-0.2, 0) is 6.54 Å². The molecule has 0 saturated carbocycles. The Balaban J connectivity index is 2.74. The van der Waals surface area contributed by atoms with Crippen LogP contribution in [0.2, 0.25) is 5.02 Å². The highest BCUT2D eigenvalue weighted by molar-refractivity contribution is 7.98. The van der Waals surface area contributed by atoms with Gasteiger partial charge in [0.15, 0.2) is 11.5 Å². The van der Waals surface area contributed by atoms with E-state index in [9.17, 15) is 0 Å². The zero-order valence-corrected chi connectivity index (χ0v) is 14.2. The topological polar surface area (TPSA) is 30.5 Å². The molecule has 0 atom stereocenters. The first-order valence-electron chi connectivity index (χ1n) is 6.80. The van der Waals surface area contributed by atoms with Crippen LogP contribution in [0.5, 0.6) is 11.5 Å². The van der Waals surface area contributed by atoms with Crippen molar-refractivity contribution in [2.24, 2.45) is 0 Å². The Labute approximate surface area is 131 Å². The SMILES string of the molecule is COc1cc(CNC(C)C)cc(Cl)c1OCCCSC. The Hall–Kier alpha value is -0.580. The molecule has 0 heterocycles. The molecule has 0 fully saturated rings. The van der Waals surface area contributed by atoms with Gasteiger partial charge in [0.25, 0.3) is 0 Å². The van der Waals surface area contributed by atoms with Gasteiger partial charge < -0.3 is 14.8 Å². The van der Waals surface area contributed by atoms with Crippen molar-refractivity contribution in [2.45, 2.75) is 32.9 Å². The van der Waals surface area contributed by atoms with E-state index in [0.717, 1.165) is 24.3 Å². The fraction of sp³-hybridized carbons (Fsp3) is 0.600. The van der Waals surface area contributed by atoms with E-state index in [1.54, 1.807) is 7.11 Å². The number of hydrogen-bond acceptors (Lipinski definition) is 4. The van der Waals surface area contributed by atoms with Crippen molar-refractivity contribution in [3.05, 3.63) is 22.7 Å². The minimum Gasteiger partial charge on any atom is -0.493 e. The van der Waals surface area contributed by atoms with Crippen LogP contribution in [0, 0.1) is 0 Å². The Morgan fingerprint density at radius 2 is 2.10 bits per heavy atom. The third-order valence-corrected chi connectivity index (χ3v) is 3.72. The van der Waals surface area contributed by atoms with Crippen LogP contribution in [0.3, 0.4) is 0 Å². The second-order valence-electron chi connectivity index (χ2n) is 4.84. The summed E-state index contributed by atoms with van der Waals surface area (Å²) in [5.41, 5.74) is 1.09.